The van der Waals surface area contributed by atoms with Gasteiger partial charge >= 0.3 is 0 Å². The Bertz CT molecular complexity index is 1210. The fourth-order valence-corrected chi connectivity index (χ4v) is 5.44. The highest BCUT2D eigenvalue weighted by Crippen LogP contribution is 2.33. The van der Waals surface area contributed by atoms with E-state index in [4.69, 9.17) is 11.6 Å². The molecule has 1 heterocycles. The molecular weight excluding hydrogens is 432 g/mol. The summed E-state index contributed by atoms with van der Waals surface area (Å²) in [5.74, 6) is -0.268. The van der Waals surface area contributed by atoms with E-state index >= 15 is 0 Å². The number of anilines is 2. The van der Waals surface area contributed by atoms with Crippen LogP contribution < -0.4 is 9.21 Å². The molecule has 3 aromatic rings. The maximum absolute atomic E-state index is 13.5. The van der Waals surface area contributed by atoms with Gasteiger partial charge < -0.3 is 4.90 Å². The molecular formula is C24H23ClN2O3S. The van der Waals surface area contributed by atoms with E-state index in [1.165, 1.54) is 28.6 Å². The Morgan fingerprint density at radius 2 is 1.68 bits per heavy atom. The van der Waals surface area contributed by atoms with Crippen LogP contribution in [0.15, 0.2) is 77.7 Å². The zero-order valence-corrected chi connectivity index (χ0v) is 18.9. The number of sulfonamides is 1. The van der Waals surface area contributed by atoms with Crippen molar-refractivity contribution in [3.8, 4) is 0 Å². The normalized spacial score (nSPS) is 15.6. The Balaban J connectivity index is 1.72. The molecule has 1 aliphatic rings. The minimum Gasteiger partial charge on any atom is -0.307 e. The molecule has 0 N–H and O–H groups in total. The lowest BCUT2D eigenvalue weighted by atomic mass is 10.1. The summed E-state index contributed by atoms with van der Waals surface area (Å²) >= 11 is 5.94. The second kappa shape index (κ2) is 8.36. The van der Waals surface area contributed by atoms with Crippen molar-refractivity contribution in [1.29, 1.82) is 0 Å². The van der Waals surface area contributed by atoms with Crippen molar-refractivity contribution < 1.29 is 13.2 Å². The first-order chi connectivity index (χ1) is 14.8. The van der Waals surface area contributed by atoms with Crippen LogP contribution in [0.1, 0.15) is 18.1 Å². The highest BCUT2D eigenvalue weighted by Gasteiger charge is 2.34. The lowest BCUT2D eigenvalue weighted by Gasteiger charge is -2.29. The molecule has 3 aromatic carbocycles. The van der Waals surface area contributed by atoms with Gasteiger partial charge in [-0.3, -0.25) is 9.10 Å². The van der Waals surface area contributed by atoms with Crippen LogP contribution in [0.3, 0.4) is 0 Å². The lowest BCUT2D eigenvalue weighted by Crippen LogP contribution is -2.45. The summed E-state index contributed by atoms with van der Waals surface area (Å²) in [6.45, 7) is 3.60. The van der Waals surface area contributed by atoms with E-state index < -0.39 is 10.0 Å². The molecule has 0 aliphatic carbocycles. The predicted molar refractivity (Wildman–Crippen MR) is 124 cm³/mol. The van der Waals surface area contributed by atoms with Gasteiger partial charge in [0.15, 0.2) is 0 Å². The Morgan fingerprint density at radius 1 is 1.03 bits per heavy atom. The fourth-order valence-electron chi connectivity index (χ4n) is 3.90. The van der Waals surface area contributed by atoms with E-state index in [1.54, 1.807) is 17.0 Å². The third kappa shape index (κ3) is 4.18. The number of benzene rings is 3. The Labute approximate surface area is 187 Å². The maximum atomic E-state index is 13.5. The zero-order valence-electron chi connectivity index (χ0n) is 17.3. The second-order valence-electron chi connectivity index (χ2n) is 7.75. The standard InChI is InChI=1S/C24H23ClN2O3S/c1-17-7-11-21(12-8-17)26(31(29,30)22-13-9-20(25)10-14-22)16-24(28)27-18(2)15-19-5-3-4-6-23(19)27/h3-14,18H,15-16H2,1-2H3. The van der Waals surface area contributed by atoms with E-state index in [0.717, 1.165) is 23.2 Å². The number of amides is 1. The monoisotopic (exact) mass is 454 g/mol. The number of hydrogen-bond donors (Lipinski definition) is 0. The lowest BCUT2D eigenvalue weighted by molar-refractivity contribution is -0.117. The first-order valence-corrected chi connectivity index (χ1v) is 11.8. The number of fused-ring (bicyclic) bond motifs is 1. The van der Waals surface area contributed by atoms with Crippen LogP contribution in [0.2, 0.25) is 5.02 Å². The molecule has 1 aliphatic heterocycles. The minimum atomic E-state index is -3.98. The molecule has 0 spiro atoms. The topological polar surface area (TPSA) is 57.7 Å². The highest BCUT2D eigenvalue weighted by atomic mass is 35.5. The molecule has 1 unspecified atom stereocenters. The third-order valence-electron chi connectivity index (χ3n) is 5.48. The number of nitrogens with zero attached hydrogens (tertiary/aromatic N) is 2. The molecule has 4 rings (SSSR count). The van der Waals surface area contributed by atoms with Crippen LogP contribution in [-0.2, 0) is 21.2 Å². The maximum Gasteiger partial charge on any atom is 0.264 e. The van der Waals surface area contributed by atoms with Crippen LogP contribution in [-0.4, -0.2) is 26.9 Å². The molecule has 5 nitrogen and oxygen atoms in total. The van der Waals surface area contributed by atoms with E-state index in [2.05, 4.69) is 0 Å². The Kier molecular flexibility index (Phi) is 5.77. The van der Waals surface area contributed by atoms with E-state index in [-0.39, 0.29) is 23.4 Å². The van der Waals surface area contributed by atoms with Crippen molar-refractivity contribution >= 4 is 38.9 Å². The van der Waals surface area contributed by atoms with Crippen LogP contribution in [0.4, 0.5) is 11.4 Å². The number of para-hydroxylation sites is 1. The summed E-state index contributed by atoms with van der Waals surface area (Å²) in [4.78, 5) is 15.2. The Hall–Kier alpha value is -2.83. The molecule has 0 bridgehead atoms. The number of hydrogen-bond acceptors (Lipinski definition) is 3. The molecule has 31 heavy (non-hydrogen) atoms. The number of halogens is 1. The average molecular weight is 455 g/mol. The SMILES string of the molecule is Cc1ccc(N(CC(=O)N2c3ccccc3CC2C)S(=O)(=O)c2ccc(Cl)cc2)cc1. The quantitative estimate of drug-likeness (QED) is 0.555. The molecule has 0 radical (unpaired) electrons. The van der Waals surface area contributed by atoms with E-state index in [9.17, 15) is 13.2 Å². The van der Waals surface area contributed by atoms with Gasteiger partial charge in [-0.05, 0) is 68.3 Å². The minimum absolute atomic E-state index is 0.0389. The van der Waals surface area contributed by atoms with Crippen LogP contribution in [0, 0.1) is 6.92 Å². The molecule has 7 heteroatoms. The van der Waals surface area contributed by atoms with Gasteiger partial charge in [0, 0.05) is 16.8 Å². The summed E-state index contributed by atoms with van der Waals surface area (Å²) in [7, 11) is -3.98. The molecule has 0 aromatic heterocycles. The van der Waals surface area contributed by atoms with Gasteiger partial charge in [-0.25, -0.2) is 8.42 Å². The Morgan fingerprint density at radius 3 is 2.35 bits per heavy atom. The van der Waals surface area contributed by atoms with Crippen LogP contribution in [0.5, 0.6) is 0 Å². The fraction of sp³-hybridized carbons (Fsp3) is 0.208. The average Bonchev–Trinajstić information content (AvgIpc) is 3.08. The summed E-state index contributed by atoms with van der Waals surface area (Å²) < 4.78 is 28.2. The first-order valence-electron chi connectivity index (χ1n) is 10.0. The van der Waals surface area contributed by atoms with Gasteiger partial charge in [0.05, 0.1) is 10.6 Å². The molecule has 160 valence electrons. The van der Waals surface area contributed by atoms with Gasteiger partial charge in [0.2, 0.25) is 5.91 Å². The predicted octanol–water partition coefficient (Wildman–Crippen LogP) is 4.82. The number of rotatable bonds is 5. The van der Waals surface area contributed by atoms with Crippen molar-refractivity contribution in [2.45, 2.75) is 31.2 Å². The van der Waals surface area contributed by atoms with Crippen molar-refractivity contribution in [3.63, 3.8) is 0 Å². The van der Waals surface area contributed by atoms with E-state index in [1.807, 2.05) is 50.2 Å². The van der Waals surface area contributed by atoms with E-state index in [0.29, 0.717) is 10.7 Å². The van der Waals surface area contributed by atoms with Crippen molar-refractivity contribution in [2.75, 3.05) is 15.7 Å². The van der Waals surface area contributed by atoms with Crippen molar-refractivity contribution in [2.24, 2.45) is 0 Å². The van der Waals surface area contributed by atoms with Crippen LogP contribution in [0.25, 0.3) is 0 Å². The van der Waals surface area contributed by atoms with Gasteiger partial charge in [-0.2, -0.15) is 0 Å². The smallest absolute Gasteiger partial charge is 0.264 e. The summed E-state index contributed by atoms with van der Waals surface area (Å²) in [5.41, 5.74) is 3.37. The molecule has 0 fully saturated rings. The summed E-state index contributed by atoms with van der Waals surface area (Å²) in [6.07, 6.45) is 0.746. The highest BCUT2D eigenvalue weighted by molar-refractivity contribution is 7.92. The molecule has 0 saturated carbocycles. The first kappa shape index (κ1) is 21.4. The summed E-state index contributed by atoms with van der Waals surface area (Å²) in [5, 5.41) is 0.444. The van der Waals surface area contributed by atoms with Gasteiger partial charge in [-0.1, -0.05) is 47.5 Å². The molecule has 1 amide bonds. The van der Waals surface area contributed by atoms with Crippen molar-refractivity contribution in [3.05, 3.63) is 88.9 Å². The van der Waals surface area contributed by atoms with Crippen LogP contribution >= 0.6 is 11.6 Å². The van der Waals surface area contributed by atoms with Gasteiger partial charge in [-0.15, -0.1) is 0 Å². The number of aryl methyl sites for hydroxylation is 1. The van der Waals surface area contributed by atoms with Gasteiger partial charge in [0.1, 0.15) is 6.54 Å². The largest absolute Gasteiger partial charge is 0.307 e. The summed E-state index contributed by atoms with van der Waals surface area (Å²) in [6, 6.07) is 20.8. The molecule has 1 atom stereocenters. The number of carbonyl (C=O) groups excluding carboxylic acids is 1. The van der Waals surface area contributed by atoms with Gasteiger partial charge in [0.25, 0.3) is 10.0 Å². The third-order valence-corrected chi connectivity index (χ3v) is 7.52. The van der Waals surface area contributed by atoms with Crippen molar-refractivity contribution in [1.82, 2.24) is 0 Å². The second-order valence-corrected chi connectivity index (χ2v) is 10.0. The number of carbonyl (C=O) groups is 1. The molecule has 0 saturated heterocycles. The zero-order chi connectivity index (χ0) is 22.2.